The van der Waals surface area contributed by atoms with Crippen LogP contribution in [-0.2, 0) is 0 Å². The molecule has 2 heterocycles. The smallest absolute Gasteiger partial charge is 0.263 e. The van der Waals surface area contributed by atoms with Crippen molar-refractivity contribution in [3.63, 3.8) is 0 Å². The first-order chi connectivity index (χ1) is 8.43. The van der Waals surface area contributed by atoms with E-state index in [1.807, 2.05) is 17.8 Å². The van der Waals surface area contributed by atoms with Crippen LogP contribution in [0.1, 0.15) is 23.5 Å². The summed E-state index contributed by atoms with van der Waals surface area (Å²) in [6.45, 7) is 6.51. The number of nitrogen functional groups attached to an aromatic ring is 1. The number of anilines is 2. The third kappa shape index (κ3) is 2.75. The molecule has 1 amide bonds. The molecule has 0 spiro atoms. The van der Waals surface area contributed by atoms with Crippen LogP contribution >= 0.6 is 23.1 Å². The number of amides is 1. The van der Waals surface area contributed by atoms with Crippen molar-refractivity contribution in [3.8, 4) is 0 Å². The first-order valence-corrected chi connectivity index (χ1v) is 7.73. The van der Waals surface area contributed by atoms with Crippen molar-refractivity contribution < 1.29 is 4.79 Å². The fourth-order valence-corrected chi connectivity index (χ4v) is 4.21. The number of thiophene rings is 1. The van der Waals surface area contributed by atoms with Gasteiger partial charge in [0.15, 0.2) is 0 Å². The average molecular weight is 285 g/mol. The Morgan fingerprint density at radius 1 is 1.56 bits per heavy atom. The van der Waals surface area contributed by atoms with Gasteiger partial charge in [-0.25, -0.2) is 0 Å². The summed E-state index contributed by atoms with van der Waals surface area (Å²) in [5.74, 6) is 1.01. The van der Waals surface area contributed by atoms with Gasteiger partial charge in [0.25, 0.3) is 5.91 Å². The largest absolute Gasteiger partial charge is 0.397 e. The van der Waals surface area contributed by atoms with Crippen LogP contribution in [0.4, 0.5) is 10.7 Å². The van der Waals surface area contributed by atoms with Crippen molar-refractivity contribution in [3.05, 3.63) is 10.9 Å². The Labute approximate surface area is 116 Å². The molecule has 1 fully saturated rings. The summed E-state index contributed by atoms with van der Waals surface area (Å²) in [5.41, 5.74) is 6.48. The van der Waals surface area contributed by atoms with Crippen LogP contribution in [0, 0.1) is 0 Å². The zero-order chi connectivity index (χ0) is 13.3. The maximum atomic E-state index is 11.7. The predicted molar refractivity (Wildman–Crippen MR) is 80.9 cm³/mol. The summed E-state index contributed by atoms with van der Waals surface area (Å²) >= 11 is 3.47. The van der Waals surface area contributed by atoms with E-state index in [1.54, 1.807) is 7.05 Å². The van der Waals surface area contributed by atoms with E-state index in [2.05, 4.69) is 24.1 Å². The van der Waals surface area contributed by atoms with Crippen LogP contribution in [0.2, 0.25) is 0 Å². The number of thioether (sulfide) groups is 1. The Hall–Kier alpha value is -0.880. The number of rotatable bonds is 2. The van der Waals surface area contributed by atoms with Gasteiger partial charge in [-0.05, 0) is 19.9 Å². The van der Waals surface area contributed by atoms with Gasteiger partial charge < -0.3 is 16.0 Å². The third-order valence-electron chi connectivity index (χ3n) is 2.92. The molecule has 0 aliphatic carbocycles. The molecule has 1 aromatic rings. The molecule has 6 heteroatoms. The molecule has 0 atom stereocenters. The Bertz CT molecular complexity index is 456. The molecule has 3 N–H and O–H groups in total. The topological polar surface area (TPSA) is 58.4 Å². The summed E-state index contributed by atoms with van der Waals surface area (Å²) in [6.07, 6.45) is 0. The molecular weight excluding hydrogens is 266 g/mol. The normalized spacial score (nSPS) is 18.7. The van der Waals surface area contributed by atoms with Gasteiger partial charge in [0.05, 0.1) is 10.7 Å². The predicted octanol–water partition coefficient (Wildman–Crippen LogP) is 2.02. The Balaban J connectivity index is 2.21. The minimum atomic E-state index is -0.102. The molecule has 0 saturated carbocycles. The van der Waals surface area contributed by atoms with E-state index in [4.69, 9.17) is 5.73 Å². The molecule has 0 unspecified atom stereocenters. The van der Waals surface area contributed by atoms with Gasteiger partial charge in [-0.2, -0.15) is 11.8 Å². The van der Waals surface area contributed by atoms with E-state index in [1.165, 1.54) is 11.3 Å². The molecule has 18 heavy (non-hydrogen) atoms. The molecule has 2 rings (SSSR count). The molecule has 1 aliphatic heterocycles. The lowest BCUT2D eigenvalue weighted by molar-refractivity contribution is 0.0968. The standard InChI is InChI=1S/C12H19N3OS2/c1-12(2)7-15(4-5-17-12)9-6-8(13)10(18-9)11(16)14-3/h6H,4-5,7,13H2,1-3H3,(H,14,16). The molecule has 0 bridgehead atoms. The monoisotopic (exact) mass is 285 g/mol. The molecule has 1 aromatic heterocycles. The maximum Gasteiger partial charge on any atom is 0.263 e. The van der Waals surface area contributed by atoms with Crippen molar-refractivity contribution in [1.82, 2.24) is 5.32 Å². The van der Waals surface area contributed by atoms with Crippen molar-refractivity contribution in [2.75, 3.05) is 36.5 Å². The van der Waals surface area contributed by atoms with E-state index < -0.39 is 0 Å². The second-order valence-corrected chi connectivity index (χ2v) is 7.81. The van der Waals surface area contributed by atoms with Crippen LogP contribution in [0.15, 0.2) is 6.07 Å². The van der Waals surface area contributed by atoms with Crippen LogP contribution < -0.4 is 16.0 Å². The zero-order valence-electron chi connectivity index (χ0n) is 10.9. The van der Waals surface area contributed by atoms with Gasteiger partial charge >= 0.3 is 0 Å². The molecule has 0 radical (unpaired) electrons. The van der Waals surface area contributed by atoms with Gasteiger partial charge in [0, 0.05) is 30.6 Å². The molecule has 0 aromatic carbocycles. The lowest BCUT2D eigenvalue weighted by atomic mass is 10.2. The highest BCUT2D eigenvalue weighted by Gasteiger charge is 2.28. The Kier molecular flexibility index (Phi) is 3.77. The zero-order valence-corrected chi connectivity index (χ0v) is 12.6. The number of hydrogen-bond acceptors (Lipinski definition) is 5. The van der Waals surface area contributed by atoms with Crippen molar-refractivity contribution in [2.45, 2.75) is 18.6 Å². The highest BCUT2D eigenvalue weighted by Crippen LogP contribution is 2.37. The SMILES string of the molecule is CNC(=O)c1sc(N2CCSC(C)(C)C2)cc1N. The minimum absolute atomic E-state index is 0.102. The van der Waals surface area contributed by atoms with Gasteiger partial charge in [0.1, 0.15) is 4.88 Å². The van der Waals surface area contributed by atoms with E-state index >= 15 is 0 Å². The number of nitrogens with one attached hydrogen (secondary N) is 1. The number of hydrogen-bond donors (Lipinski definition) is 2. The molecule has 100 valence electrons. The van der Waals surface area contributed by atoms with E-state index in [9.17, 15) is 4.79 Å². The van der Waals surface area contributed by atoms with Gasteiger partial charge in [-0.15, -0.1) is 11.3 Å². The van der Waals surface area contributed by atoms with Crippen LogP contribution in [-0.4, -0.2) is 36.5 Å². The number of nitrogens with two attached hydrogens (primary N) is 1. The van der Waals surface area contributed by atoms with Gasteiger partial charge in [-0.3, -0.25) is 4.79 Å². The first-order valence-electron chi connectivity index (χ1n) is 5.93. The Morgan fingerprint density at radius 3 is 2.89 bits per heavy atom. The Morgan fingerprint density at radius 2 is 2.28 bits per heavy atom. The summed E-state index contributed by atoms with van der Waals surface area (Å²) in [5, 5.41) is 3.72. The lowest BCUT2D eigenvalue weighted by Gasteiger charge is -2.38. The summed E-state index contributed by atoms with van der Waals surface area (Å²) in [4.78, 5) is 14.6. The highest BCUT2D eigenvalue weighted by atomic mass is 32.2. The van der Waals surface area contributed by atoms with Crippen LogP contribution in [0.5, 0.6) is 0 Å². The number of carbonyl (C=O) groups excluding carboxylic acids is 1. The second-order valence-electron chi connectivity index (χ2n) is 4.98. The van der Waals surface area contributed by atoms with Crippen molar-refractivity contribution >= 4 is 39.7 Å². The first kappa shape index (κ1) is 13.5. The number of nitrogens with zero attached hydrogens (tertiary/aromatic N) is 1. The van der Waals surface area contributed by atoms with Crippen LogP contribution in [0.3, 0.4) is 0 Å². The summed E-state index contributed by atoms with van der Waals surface area (Å²) in [7, 11) is 1.63. The average Bonchev–Trinajstić information content (AvgIpc) is 2.69. The van der Waals surface area contributed by atoms with Gasteiger partial charge in [0.2, 0.25) is 0 Å². The second kappa shape index (κ2) is 5.01. The quantitative estimate of drug-likeness (QED) is 0.873. The fourth-order valence-electron chi connectivity index (χ4n) is 2.04. The minimum Gasteiger partial charge on any atom is -0.397 e. The third-order valence-corrected chi connectivity index (χ3v) is 5.43. The molecular formula is C12H19N3OS2. The maximum absolute atomic E-state index is 11.7. The summed E-state index contributed by atoms with van der Waals surface area (Å²) in [6, 6.07) is 1.92. The van der Waals surface area contributed by atoms with Gasteiger partial charge in [-0.1, -0.05) is 0 Å². The van der Waals surface area contributed by atoms with E-state index in [0.29, 0.717) is 10.6 Å². The van der Waals surface area contributed by atoms with E-state index in [0.717, 1.165) is 23.8 Å². The van der Waals surface area contributed by atoms with E-state index in [-0.39, 0.29) is 10.7 Å². The van der Waals surface area contributed by atoms with Crippen molar-refractivity contribution in [2.24, 2.45) is 0 Å². The molecule has 4 nitrogen and oxygen atoms in total. The lowest BCUT2D eigenvalue weighted by Crippen LogP contribution is -2.42. The highest BCUT2D eigenvalue weighted by molar-refractivity contribution is 8.00. The molecule has 1 saturated heterocycles. The summed E-state index contributed by atoms with van der Waals surface area (Å²) < 4.78 is 0.254. The fraction of sp³-hybridized carbons (Fsp3) is 0.583. The molecule has 1 aliphatic rings. The number of carbonyl (C=O) groups is 1. The van der Waals surface area contributed by atoms with Crippen molar-refractivity contribution in [1.29, 1.82) is 0 Å². The van der Waals surface area contributed by atoms with Crippen LogP contribution in [0.25, 0.3) is 0 Å².